The predicted octanol–water partition coefficient (Wildman–Crippen LogP) is 11.8. The second-order valence-electron chi connectivity index (χ2n) is 19.3. The third-order valence-corrected chi connectivity index (χ3v) is 19.0. The minimum atomic E-state index is -2.37. The van der Waals surface area contributed by atoms with Gasteiger partial charge in [0.15, 0.2) is 35.9 Å². The van der Waals surface area contributed by atoms with E-state index < -0.39 is 48.9 Å². The molecule has 0 aliphatic carbocycles. The molecule has 0 radical (unpaired) electrons. The number of hydrogen-bond donors (Lipinski definition) is 0. The first-order chi connectivity index (χ1) is 31.7. The van der Waals surface area contributed by atoms with Crippen molar-refractivity contribution >= 4 is 47.3 Å². The van der Waals surface area contributed by atoms with Gasteiger partial charge in [-0.1, -0.05) is 53.5 Å². The first kappa shape index (κ1) is 49.2. The highest BCUT2D eigenvalue weighted by atomic mass is 28.3. The normalized spacial score (nSPS) is 15.0. The fourth-order valence-corrected chi connectivity index (χ4v) is 14.7. The lowest BCUT2D eigenvalue weighted by molar-refractivity contribution is 0.0232. The van der Waals surface area contributed by atoms with E-state index in [0.717, 1.165) is 18.6 Å². The van der Waals surface area contributed by atoms with Gasteiger partial charge in [0.2, 0.25) is 0 Å². The van der Waals surface area contributed by atoms with Gasteiger partial charge in [0.25, 0.3) is 0 Å². The number of hydrazine groups is 1. The number of hydrogen-bond acceptors (Lipinski definition) is 10. The summed E-state index contributed by atoms with van der Waals surface area (Å²) in [5, 5.41) is 4.14. The van der Waals surface area contributed by atoms with Crippen molar-refractivity contribution in [1.82, 2.24) is 20.0 Å². The number of ether oxygens (including phenoxy) is 4. The zero-order chi connectivity index (χ0) is 48.5. The van der Waals surface area contributed by atoms with E-state index in [2.05, 4.69) is 58.0 Å². The van der Waals surface area contributed by atoms with Gasteiger partial charge in [0.05, 0.1) is 17.6 Å². The van der Waals surface area contributed by atoms with Crippen molar-refractivity contribution in [2.75, 3.05) is 56.6 Å². The van der Waals surface area contributed by atoms with Gasteiger partial charge >= 0.3 is 12.1 Å². The molecule has 4 heterocycles. The largest absolute Gasteiger partial charge is 0.468 e. The summed E-state index contributed by atoms with van der Waals surface area (Å²) in [5.41, 5.74) is 3.74. The first-order valence-electron chi connectivity index (χ1n) is 22.8. The molecule has 2 aliphatic rings. The number of benzene rings is 3. The van der Waals surface area contributed by atoms with Crippen molar-refractivity contribution < 1.29 is 45.7 Å². The maximum atomic E-state index is 17.9. The van der Waals surface area contributed by atoms with E-state index >= 15 is 8.78 Å². The Kier molecular flexibility index (Phi) is 14.6. The fourth-order valence-electron chi connectivity index (χ4n) is 9.48. The van der Waals surface area contributed by atoms with Gasteiger partial charge in [-0.2, -0.15) is 9.97 Å². The molecule has 2 fully saturated rings. The molecular formula is C50H59F5N6O5Si. The zero-order valence-electron chi connectivity index (χ0n) is 39.8. The second-order valence-corrected chi connectivity index (χ2v) is 24.9. The molecule has 358 valence electrons. The van der Waals surface area contributed by atoms with Gasteiger partial charge in [-0.25, -0.2) is 31.8 Å². The number of halogens is 5. The Balaban J connectivity index is 1.39. The molecular weight excluding hydrogens is 888 g/mol. The lowest BCUT2D eigenvalue weighted by Crippen LogP contribution is -2.49. The monoisotopic (exact) mass is 946 g/mol. The van der Waals surface area contributed by atoms with Crippen LogP contribution in [0.5, 0.6) is 11.8 Å². The maximum absolute atomic E-state index is 17.9. The molecule has 0 unspecified atom stereocenters. The Labute approximate surface area is 389 Å². The zero-order valence-corrected chi connectivity index (χ0v) is 40.8. The maximum Gasteiger partial charge on any atom is 0.429 e. The summed E-state index contributed by atoms with van der Waals surface area (Å²) in [6, 6.07) is 7.91. The van der Waals surface area contributed by atoms with Crippen molar-refractivity contribution in [3.63, 3.8) is 0 Å². The number of nitrogens with zero attached hydrogens (tertiary/aromatic N) is 6. The SMILES string of the molecule is COCOc1cc(-c2ncc3c(N4CCCCCN4C(=O)OC(C)(C)C)nc(OCC4CN(c5cc(F)c(F)c(F)c5)C4)nc3c2F)c2c(C#C[Si](C(C)C)(C(C)C)C(C)C)c(F)ccc2c1. The number of fused-ring (bicyclic) bond motifs is 2. The number of aromatic nitrogens is 3. The number of anilines is 2. The molecule has 2 aromatic heterocycles. The Morgan fingerprint density at radius 2 is 1.52 bits per heavy atom. The summed E-state index contributed by atoms with van der Waals surface area (Å²) >= 11 is 0. The lowest BCUT2D eigenvalue weighted by Gasteiger charge is -2.40. The Morgan fingerprint density at radius 1 is 0.851 bits per heavy atom. The molecule has 67 heavy (non-hydrogen) atoms. The summed E-state index contributed by atoms with van der Waals surface area (Å²) in [6.45, 7) is 19.5. The molecule has 1 amide bonds. The van der Waals surface area contributed by atoms with Gasteiger partial charge in [-0.05, 0) is 80.2 Å². The minimum Gasteiger partial charge on any atom is -0.468 e. The van der Waals surface area contributed by atoms with Crippen LogP contribution in [0.25, 0.3) is 32.9 Å². The van der Waals surface area contributed by atoms with Gasteiger partial charge in [0, 0.05) is 74.2 Å². The van der Waals surface area contributed by atoms with Crippen molar-refractivity contribution in [1.29, 1.82) is 0 Å². The van der Waals surface area contributed by atoms with Gasteiger partial charge in [-0.15, -0.1) is 5.54 Å². The van der Waals surface area contributed by atoms with Crippen LogP contribution >= 0.6 is 0 Å². The Morgan fingerprint density at radius 3 is 2.16 bits per heavy atom. The molecule has 0 atom stereocenters. The Bertz CT molecular complexity index is 2670. The van der Waals surface area contributed by atoms with E-state index in [1.807, 2.05) is 0 Å². The molecule has 17 heteroatoms. The van der Waals surface area contributed by atoms with Crippen LogP contribution in [-0.4, -0.2) is 86.4 Å². The number of pyridine rings is 1. The van der Waals surface area contributed by atoms with Crippen LogP contribution in [0, 0.1) is 46.5 Å². The number of carbonyl (C=O) groups excluding carboxylic acids is 1. The van der Waals surface area contributed by atoms with Crippen molar-refractivity contribution in [3.8, 4) is 34.5 Å². The van der Waals surface area contributed by atoms with Crippen LogP contribution in [0.1, 0.15) is 87.1 Å². The molecule has 5 aromatic rings. The van der Waals surface area contributed by atoms with E-state index in [-0.39, 0.29) is 87.7 Å². The molecule has 0 spiro atoms. The van der Waals surface area contributed by atoms with Crippen molar-refractivity contribution in [3.05, 3.63) is 77.2 Å². The van der Waals surface area contributed by atoms with E-state index in [0.29, 0.717) is 49.0 Å². The smallest absolute Gasteiger partial charge is 0.429 e. The third-order valence-electron chi connectivity index (χ3n) is 12.7. The number of carbonyl (C=O) groups is 1. The van der Waals surface area contributed by atoms with Crippen molar-refractivity contribution in [2.24, 2.45) is 5.92 Å². The summed E-state index contributed by atoms with van der Waals surface area (Å²) in [4.78, 5) is 29.6. The van der Waals surface area contributed by atoms with Crippen LogP contribution in [0.4, 0.5) is 38.3 Å². The average Bonchev–Trinajstić information content (AvgIpc) is 3.50. The lowest BCUT2D eigenvalue weighted by atomic mass is 9.95. The predicted molar refractivity (Wildman–Crippen MR) is 252 cm³/mol. The van der Waals surface area contributed by atoms with Gasteiger partial charge in [0.1, 0.15) is 36.5 Å². The number of amides is 1. The van der Waals surface area contributed by atoms with Gasteiger partial charge in [-0.3, -0.25) is 9.99 Å². The first-order valence-corrected chi connectivity index (χ1v) is 25.0. The molecule has 0 N–H and O–H groups in total. The number of rotatable bonds is 12. The molecule has 7 rings (SSSR count). The van der Waals surface area contributed by atoms with E-state index in [9.17, 15) is 18.0 Å². The highest BCUT2D eigenvalue weighted by molar-refractivity contribution is 6.90. The third kappa shape index (κ3) is 10.1. The summed E-state index contributed by atoms with van der Waals surface area (Å²) in [6.07, 6.45) is 2.95. The standard InChI is InChI=1S/C50H59F5N6O5Si/c1-29(2)67(30(3)4,31(5)6)19-16-36-39(51)15-14-33-20-35(65-28-63-10)23-37(42(33)36)45-44(55)46-38(24-56-45)47(60-17-12-11-13-18-61(60)49(62)66-50(7,8)9)58-48(57-46)64-27-32-25-59(26-32)34-21-40(52)43(54)41(53)22-34/h14-15,20-24,29-32H,11-13,17-18,25-28H2,1-10H3. The quantitative estimate of drug-likeness (QED) is 0.0395. The molecule has 2 saturated heterocycles. The van der Waals surface area contributed by atoms with Crippen molar-refractivity contribution in [2.45, 2.75) is 104 Å². The molecule has 11 nitrogen and oxygen atoms in total. The van der Waals surface area contributed by atoms with Crippen LogP contribution in [0.3, 0.4) is 0 Å². The Hall–Kier alpha value is -5.73. The topological polar surface area (TPSA) is 102 Å². The van der Waals surface area contributed by atoms with E-state index in [4.69, 9.17) is 28.9 Å². The van der Waals surface area contributed by atoms with Crippen LogP contribution in [-0.2, 0) is 9.47 Å². The van der Waals surface area contributed by atoms with E-state index in [1.54, 1.807) is 48.9 Å². The summed E-state index contributed by atoms with van der Waals surface area (Å²) < 4.78 is 99.1. The number of methoxy groups -OCH3 is 1. The summed E-state index contributed by atoms with van der Waals surface area (Å²) in [5.74, 6) is -1.99. The molecule has 0 saturated carbocycles. The molecule has 2 aliphatic heterocycles. The average molecular weight is 947 g/mol. The minimum absolute atomic E-state index is 0.0295. The molecule has 0 bridgehead atoms. The van der Waals surface area contributed by atoms with Crippen LogP contribution in [0.2, 0.25) is 16.6 Å². The summed E-state index contributed by atoms with van der Waals surface area (Å²) in [7, 11) is -0.897. The van der Waals surface area contributed by atoms with Crippen LogP contribution in [0.15, 0.2) is 42.6 Å². The highest BCUT2D eigenvalue weighted by Gasteiger charge is 2.42. The fraction of sp³-hybridized carbons (Fsp3) is 0.480. The highest BCUT2D eigenvalue weighted by Crippen LogP contribution is 2.43. The molecule has 3 aromatic carbocycles. The second kappa shape index (κ2) is 19.9. The van der Waals surface area contributed by atoms with E-state index in [1.165, 1.54) is 24.4 Å². The van der Waals surface area contributed by atoms with Gasteiger partial charge < -0.3 is 23.8 Å². The van der Waals surface area contributed by atoms with Crippen LogP contribution < -0.4 is 19.4 Å².